The van der Waals surface area contributed by atoms with Gasteiger partial charge in [-0.1, -0.05) is 13.8 Å². The van der Waals surface area contributed by atoms with Crippen LogP contribution in [0.1, 0.15) is 13.8 Å². The summed E-state index contributed by atoms with van der Waals surface area (Å²) in [7, 11) is 0. The topological polar surface area (TPSA) is 29.3 Å². The van der Waals surface area contributed by atoms with E-state index in [0.717, 1.165) is 13.1 Å². The van der Waals surface area contributed by atoms with Crippen molar-refractivity contribution in [2.75, 3.05) is 19.6 Å². The maximum absolute atomic E-state index is 5.80. The molecule has 1 heterocycles. The number of likely N-dealkylation sites (N-methyl/N-ethyl adjacent to an activating group) is 1. The Morgan fingerprint density at radius 2 is 2.22 bits per heavy atom. The van der Waals surface area contributed by atoms with Crippen LogP contribution in [-0.2, 0) is 0 Å². The molecule has 2 heteroatoms. The van der Waals surface area contributed by atoms with Crippen molar-refractivity contribution in [3.8, 4) is 0 Å². The third-order valence-electron chi connectivity index (χ3n) is 2.19. The first-order chi connectivity index (χ1) is 4.24. The lowest BCUT2D eigenvalue weighted by atomic mass is 10.1. The van der Waals surface area contributed by atoms with Crippen LogP contribution in [0.25, 0.3) is 0 Å². The first kappa shape index (κ1) is 7.03. The van der Waals surface area contributed by atoms with Gasteiger partial charge in [0.15, 0.2) is 0 Å². The SMILES string of the molecule is CCN1C[C@@H](N)[C@@H](C)C1. The highest BCUT2D eigenvalue weighted by Crippen LogP contribution is 2.12. The molecule has 2 atom stereocenters. The van der Waals surface area contributed by atoms with Gasteiger partial charge in [0.1, 0.15) is 0 Å². The Kier molecular flexibility index (Phi) is 2.09. The van der Waals surface area contributed by atoms with Crippen LogP contribution in [0.4, 0.5) is 0 Å². The summed E-state index contributed by atoms with van der Waals surface area (Å²) >= 11 is 0. The summed E-state index contributed by atoms with van der Waals surface area (Å²) < 4.78 is 0. The molecule has 1 rings (SSSR count). The van der Waals surface area contributed by atoms with E-state index in [1.165, 1.54) is 6.54 Å². The molecule has 0 saturated carbocycles. The highest BCUT2D eigenvalue weighted by atomic mass is 15.2. The molecule has 2 N–H and O–H groups in total. The first-order valence-corrected chi connectivity index (χ1v) is 3.72. The number of hydrogen-bond acceptors (Lipinski definition) is 2. The van der Waals surface area contributed by atoms with Crippen LogP contribution >= 0.6 is 0 Å². The molecule has 0 aliphatic carbocycles. The Balaban J connectivity index is 2.35. The quantitative estimate of drug-likeness (QED) is 0.550. The lowest BCUT2D eigenvalue weighted by Crippen LogP contribution is -2.28. The van der Waals surface area contributed by atoms with Crippen molar-refractivity contribution < 1.29 is 0 Å². The minimum Gasteiger partial charge on any atom is -0.326 e. The minimum absolute atomic E-state index is 0.421. The Bertz CT molecular complexity index is 82.9. The molecule has 9 heavy (non-hydrogen) atoms. The van der Waals surface area contributed by atoms with E-state index in [2.05, 4.69) is 18.7 Å². The monoisotopic (exact) mass is 128 g/mol. The molecular formula is C7H16N2. The van der Waals surface area contributed by atoms with Gasteiger partial charge in [0, 0.05) is 19.1 Å². The summed E-state index contributed by atoms with van der Waals surface area (Å²) in [6, 6.07) is 0.421. The van der Waals surface area contributed by atoms with Crippen molar-refractivity contribution >= 4 is 0 Å². The van der Waals surface area contributed by atoms with E-state index >= 15 is 0 Å². The Labute approximate surface area is 57.0 Å². The lowest BCUT2D eigenvalue weighted by molar-refractivity contribution is 0.345. The zero-order valence-electron chi connectivity index (χ0n) is 6.30. The molecule has 1 saturated heterocycles. The van der Waals surface area contributed by atoms with Crippen molar-refractivity contribution in [2.24, 2.45) is 11.7 Å². The van der Waals surface area contributed by atoms with Gasteiger partial charge in [-0.15, -0.1) is 0 Å². The largest absolute Gasteiger partial charge is 0.326 e. The van der Waals surface area contributed by atoms with Gasteiger partial charge < -0.3 is 10.6 Å². The van der Waals surface area contributed by atoms with Crippen LogP contribution in [0.2, 0.25) is 0 Å². The second-order valence-electron chi connectivity index (χ2n) is 2.99. The highest BCUT2D eigenvalue weighted by Gasteiger charge is 2.24. The van der Waals surface area contributed by atoms with E-state index in [1.54, 1.807) is 0 Å². The Hall–Kier alpha value is -0.0800. The molecular weight excluding hydrogens is 112 g/mol. The van der Waals surface area contributed by atoms with E-state index in [9.17, 15) is 0 Å². The molecule has 0 spiro atoms. The van der Waals surface area contributed by atoms with Gasteiger partial charge in [0.05, 0.1) is 0 Å². The molecule has 1 aliphatic rings. The van der Waals surface area contributed by atoms with Crippen LogP contribution in [-0.4, -0.2) is 30.6 Å². The first-order valence-electron chi connectivity index (χ1n) is 3.72. The zero-order valence-corrected chi connectivity index (χ0v) is 6.30. The average molecular weight is 128 g/mol. The number of nitrogens with two attached hydrogens (primary N) is 1. The normalized spacial score (nSPS) is 37.7. The molecule has 0 bridgehead atoms. The van der Waals surface area contributed by atoms with Crippen molar-refractivity contribution in [2.45, 2.75) is 19.9 Å². The third kappa shape index (κ3) is 1.43. The van der Waals surface area contributed by atoms with Gasteiger partial charge in [-0.2, -0.15) is 0 Å². The molecule has 0 aromatic rings. The molecule has 54 valence electrons. The second-order valence-corrected chi connectivity index (χ2v) is 2.99. The van der Waals surface area contributed by atoms with Crippen molar-refractivity contribution in [1.29, 1.82) is 0 Å². The predicted molar refractivity (Wildman–Crippen MR) is 39.3 cm³/mol. The van der Waals surface area contributed by atoms with Gasteiger partial charge in [0.25, 0.3) is 0 Å². The van der Waals surface area contributed by atoms with Crippen LogP contribution in [0.5, 0.6) is 0 Å². The van der Waals surface area contributed by atoms with Gasteiger partial charge in [-0.05, 0) is 12.5 Å². The number of likely N-dealkylation sites (tertiary alicyclic amines) is 1. The fourth-order valence-electron chi connectivity index (χ4n) is 1.35. The van der Waals surface area contributed by atoms with E-state index in [4.69, 9.17) is 5.73 Å². The lowest BCUT2D eigenvalue weighted by Gasteiger charge is -2.09. The fourth-order valence-corrected chi connectivity index (χ4v) is 1.35. The Morgan fingerprint density at radius 3 is 2.44 bits per heavy atom. The van der Waals surface area contributed by atoms with E-state index in [1.807, 2.05) is 0 Å². The van der Waals surface area contributed by atoms with Crippen molar-refractivity contribution in [1.82, 2.24) is 4.90 Å². The van der Waals surface area contributed by atoms with Crippen molar-refractivity contribution in [3.63, 3.8) is 0 Å². The molecule has 0 unspecified atom stereocenters. The summed E-state index contributed by atoms with van der Waals surface area (Å²) in [6.45, 7) is 7.85. The number of hydrogen-bond donors (Lipinski definition) is 1. The molecule has 1 aliphatic heterocycles. The second kappa shape index (κ2) is 2.67. The number of nitrogens with zero attached hydrogens (tertiary/aromatic N) is 1. The van der Waals surface area contributed by atoms with Crippen molar-refractivity contribution in [3.05, 3.63) is 0 Å². The van der Waals surface area contributed by atoms with Gasteiger partial charge in [-0.25, -0.2) is 0 Å². The predicted octanol–water partition coefficient (Wildman–Crippen LogP) is 0.285. The van der Waals surface area contributed by atoms with Gasteiger partial charge in [0.2, 0.25) is 0 Å². The maximum atomic E-state index is 5.80. The van der Waals surface area contributed by atoms with E-state index in [-0.39, 0.29) is 0 Å². The van der Waals surface area contributed by atoms with Gasteiger partial charge >= 0.3 is 0 Å². The molecule has 1 fully saturated rings. The third-order valence-corrected chi connectivity index (χ3v) is 2.19. The fraction of sp³-hybridized carbons (Fsp3) is 1.00. The summed E-state index contributed by atoms with van der Waals surface area (Å²) in [5.74, 6) is 0.699. The summed E-state index contributed by atoms with van der Waals surface area (Å²) in [6.07, 6.45) is 0. The highest BCUT2D eigenvalue weighted by molar-refractivity contribution is 4.82. The minimum atomic E-state index is 0.421. The molecule has 0 aromatic heterocycles. The van der Waals surface area contributed by atoms with Crippen LogP contribution < -0.4 is 5.73 Å². The van der Waals surface area contributed by atoms with E-state index in [0.29, 0.717) is 12.0 Å². The van der Waals surface area contributed by atoms with Gasteiger partial charge in [-0.3, -0.25) is 0 Å². The Morgan fingerprint density at radius 1 is 1.56 bits per heavy atom. The van der Waals surface area contributed by atoms with E-state index < -0.39 is 0 Å². The smallest absolute Gasteiger partial charge is 0.0206 e. The molecule has 0 aromatic carbocycles. The van der Waals surface area contributed by atoms with Crippen LogP contribution in [0, 0.1) is 5.92 Å². The zero-order chi connectivity index (χ0) is 6.85. The molecule has 2 nitrogen and oxygen atoms in total. The molecule has 0 radical (unpaired) electrons. The average Bonchev–Trinajstić information content (AvgIpc) is 2.13. The summed E-state index contributed by atoms with van der Waals surface area (Å²) in [5, 5.41) is 0. The maximum Gasteiger partial charge on any atom is 0.0206 e. The molecule has 0 amide bonds. The summed E-state index contributed by atoms with van der Waals surface area (Å²) in [5.41, 5.74) is 5.80. The van der Waals surface area contributed by atoms with Crippen LogP contribution in [0.15, 0.2) is 0 Å². The summed E-state index contributed by atoms with van der Waals surface area (Å²) in [4.78, 5) is 2.40. The standard InChI is InChI=1S/C7H16N2/c1-3-9-4-6(2)7(8)5-9/h6-7H,3-5,8H2,1-2H3/t6-,7+/m0/s1. The van der Waals surface area contributed by atoms with Crippen LogP contribution in [0.3, 0.4) is 0 Å². The number of rotatable bonds is 1.